The molecule has 0 aliphatic carbocycles. The van der Waals surface area contributed by atoms with E-state index in [0.717, 1.165) is 13.1 Å². The first-order valence-corrected chi connectivity index (χ1v) is 7.01. The summed E-state index contributed by atoms with van der Waals surface area (Å²) in [6, 6.07) is 1.73. The zero-order chi connectivity index (χ0) is 15.1. The van der Waals surface area contributed by atoms with E-state index in [4.69, 9.17) is 0 Å². The first kappa shape index (κ1) is 16.4. The maximum absolute atomic E-state index is 12.3. The second-order valence-electron chi connectivity index (χ2n) is 4.89. The van der Waals surface area contributed by atoms with Crippen LogP contribution in [0.3, 0.4) is 0 Å². The zero-order valence-corrected chi connectivity index (χ0v) is 13.1. The molecule has 0 unspecified atom stereocenters. The predicted octanol–water partition coefficient (Wildman–Crippen LogP) is 1.24. The Morgan fingerprint density at radius 3 is 2.45 bits per heavy atom. The number of aryl methyl sites for hydroxylation is 1. The van der Waals surface area contributed by atoms with Gasteiger partial charge in [0.25, 0.3) is 5.91 Å². The van der Waals surface area contributed by atoms with Crippen molar-refractivity contribution in [1.29, 1.82) is 0 Å². The normalized spacial score (nSPS) is 10.7. The quantitative estimate of drug-likeness (QED) is 0.813. The Kier molecular flexibility index (Phi) is 6.38. The van der Waals surface area contributed by atoms with Gasteiger partial charge in [0.2, 0.25) is 0 Å². The van der Waals surface area contributed by atoms with Crippen molar-refractivity contribution >= 4 is 11.7 Å². The van der Waals surface area contributed by atoms with Gasteiger partial charge in [0.15, 0.2) is 0 Å². The van der Waals surface area contributed by atoms with Crippen molar-refractivity contribution in [2.24, 2.45) is 0 Å². The third-order valence-electron chi connectivity index (χ3n) is 2.97. The monoisotopic (exact) mass is 279 g/mol. The van der Waals surface area contributed by atoms with Crippen LogP contribution in [0.4, 0.5) is 5.82 Å². The van der Waals surface area contributed by atoms with Crippen molar-refractivity contribution in [1.82, 2.24) is 19.8 Å². The maximum atomic E-state index is 12.3. The fourth-order valence-corrected chi connectivity index (χ4v) is 1.85. The van der Waals surface area contributed by atoms with Gasteiger partial charge in [0.1, 0.15) is 17.3 Å². The molecule has 0 bridgehead atoms. The Morgan fingerprint density at radius 2 is 1.90 bits per heavy atom. The minimum absolute atomic E-state index is 0.0452. The van der Waals surface area contributed by atoms with E-state index in [0.29, 0.717) is 30.4 Å². The van der Waals surface area contributed by atoms with E-state index in [2.05, 4.69) is 20.2 Å². The standard InChI is InChI=1S/C14H25N5O/c1-6-19(7-2)14(20)12-10-13(17-11(3)16-12)15-8-9-18(4)5/h10H,6-9H2,1-5H3,(H,15,16,17). The first-order valence-electron chi connectivity index (χ1n) is 7.01. The first-order chi connectivity index (χ1) is 9.47. The van der Waals surface area contributed by atoms with Crippen LogP contribution in [0.5, 0.6) is 0 Å². The van der Waals surface area contributed by atoms with E-state index in [1.54, 1.807) is 17.9 Å². The van der Waals surface area contributed by atoms with Gasteiger partial charge in [0, 0.05) is 32.2 Å². The molecule has 1 N–H and O–H groups in total. The molecule has 20 heavy (non-hydrogen) atoms. The summed E-state index contributed by atoms with van der Waals surface area (Å²) in [7, 11) is 4.03. The van der Waals surface area contributed by atoms with Crippen molar-refractivity contribution in [3.05, 3.63) is 17.6 Å². The summed E-state index contributed by atoms with van der Waals surface area (Å²) in [6.45, 7) is 8.78. The number of anilines is 1. The molecule has 1 amide bonds. The van der Waals surface area contributed by atoms with Gasteiger partial charge in [0.05, 0.1) is 0 Å². The molecule has 0 fully saturated rings. The molecule has 1 rings (SSSR count). The van der Waals surface area contributed by atoms with Crippen molar-refractivity contribution in [2.75, 3.05) is 45.6 Å². The molecule has 0 aliphatic rings. The summed E-state index contributed by atoms with van der Waals surface area (Å²) in [5.41, 5.74) is 0.452. The molecule has 0 aromatic carbocycles. The Morgan fingerprint density at radius 1 is 1.25 bits per heavy atom. The number of rotatable bonds is 7. The number of carbonyl (C=O) groups excluding carboxylic acids is 1. The van der Waals surface area contributed by atoms with Crippen LogP contribution in [0.15, 0.2) is 6.07 Å². The highest BCUT2D eigenvalue weighted by Gasteiger charge is 2.15. The SMILES string of the molecule is CCN(CC)C(=O)c1cc(NCCN(C)C)nc(C)n1. The third kappa shape index (κ3) is 4.77. The molecule has 1 heterocycles. The Labute approximate surface area is 121 Å². The number of likely N-dealkylation sites (N-methyl/N-ethyl adjacent to an activating group) is 1. The lowest BCUT2D eigenvalue weighted by atomic mass is 10.3. The van der Waals surface area contributed by atoms with Crippen LogP contribution in [0.1, 0.15) is 30.2 Å². The van der Waals surface area contributed by atoms with Crippen molar-refractivity contribution in [2.45, 2.75) is 20.8 Å². The molecule has 6 heteroatoms. The number of nitrogens with zero attached hydrogens (tertiary/aromatic N) is 4. The van der Waals surface area contributed by atoms with Crippen molar-refractivity contribution in [3.8, 4) is 0 Å². The molecule has 112 valence electrons. The molecule has 6 nitrogen and oxygen atoms in total. The fraction of sp³-hybridized carbons (Fsp3) is 0.643. The van der Waals surface area contributed by atoms with Crippen LogP contribution in [-0.2, 0) is 0 Å². The van der Waals surface area contributed by atoms with Crippen LogP contribution in [0.2, 0.25) is 0 Å². The van der Waals surface area contributed by atoms with Gasteiger partial charge in [-0.15, -0.1) is 0 Å². The largest absolute Gasteiger partial charge is 0.369 e. The van der Waals surface area contributed by atoms with E-state index in [1.165, 1.54) is 0 Å². The summed E-state index contributed by atoms with van der Waals surface area (Å²) in [5, 5.41) is 3.22. The molecule has 0 spiro atoms. The number of amides is 1. The van der Waals surface area contributed by atoms with Crippen LogP contribution in [-0.4, -0.2) is 65.9 Å². The minimum Gasteiger partial charge on any atom is -0.369 e. The fourth-order valence-electron chi connectivity index (χ4n) is 1.85. The highest BCUT2D eigenvalue weighted by Crippen LogP contribution is 2.09. The highest BCUT2D eigenvalue weighted by molar-refractivity contribution is 5.92. The van der Waals surface area contributed by atoms with Crippen molar-refractivity contribution < 1.29 is 4.79 Å². The summed E-state index contributed by atoms with van der Waals surface area (Å²) < 4.78 is 0. The van der Waals surface area contributed by atoms with Crippen LogP contribution in [0, 0.1) is 6.92 Å². The van der Waals surface area contributed by atoms with Crippen LogP contribution >= 0.6 is 0 Å². The van der Waals surface area contributed by atoms with Gasteiger partial charge in [-0.1, -0.05) is 0 Å². The van der Waals surface area contributed by atoms with Crippen LogP contribution < -0.4 is 5.32 Å². The smallest absolute Gasteiger partial charge is 0.272 e. The molecular weight excluding hydrogens is 254 g/mol. The van der Waals surface area contributed by atoms with Gasteiger partial charge < -0.3 is 15.1 Å². The Bertz CT molecular complexity index is 443. The topological polar surface area (TPSA) is 61.4 Å². The molecular formula is C14H25N5O. The van der Waals surface area contributed by atoms with Crippen molar-refractivity contribution in [3.63, 3.8) is 0 Å². The van der Waals surface area contributed by atoms with Crippen LogP contribution in [0.25, 0.3) is 0 Å². The summed E-state index contributed by atoms with van der Waals surface area (Å²) in [4.78, 5) is 24.7. The van der Waals surface area contributed by atoms with Gasteiger partial charge in [-0.05, 0) is 34.9 Å². The molecule has 0 saturated carbocycles. The summed E-state index contributed by atoms with van der Waals surface area (Å²) in [6.07, 6.45) is 0. The lowest BCUT2D eigenvalue weighted by molar-refractivity contribution is 0.0766. The molecule has 0 radical (unpaired) electrons. The van der Waals surface area contributed by atoms with E-state index >= 15 is 0 Å². The predicted molar refractivity (Wildman–Crippen MR) is 81.1 cm³/mol. The highest BCUT2D eigenvalue weighted by atomic mass is 16.2. The average molecular weight is 279 g/mol. The second kappa shape index (κ2) is 7.79. The number of hydrogen-bond acceptors (Lipinski definition) is 5. The van der Waals surface area contributed by atoms with Gasteiger partial charge in [-0.3, -0.25) is 4.79 Å². The lowest BCUT2D eigenvalue weighted by Crippen LogP contribution is -2.31. The lowest BCUT2D eigenvalue weighted by Gasteiger charge is -2.18. The molecule has 1 aromatic rings. The van der Waals surface area contributed by atoms with E-state index < -0.39 is 0 Å². The molecule has 0 saturated heterocycles. The Balaban J connectivity index is 2.82. The number of hydrogen-bond donors (Lipinski definition) is 1. The average Bonchev–Trinajstić information content (AvgIpc) is 2.39. The second-order valence-corrected chi connectivity index (χ2v) is 4.89. The number of nitrogens with one attached hydrogen (secondary N) is 1. The van der Waals surface area contributed by atoms with E-state index in [1.807, 2.05) is 27.9 Å². The minimum atomic E-state index is -0.0452. The summed E-state index contributed by atoms with van der Waals surface area (Å²) >= 11 is 0. The Hall–Kier alpha value is -1.69. The number of carbonyl (C=O) groups is 1. The molecule has 1 aromatic heterocycles. The van der Waals surface area contributed by atoms with Gasteiger partial charge >= 0.3 is 0 Å². The van der Waals surface area contributed by atoms with E-state index in [9.17, 15) is 4.79 Å². The zero-order valence-electron chi connectivity index (χ0n) is 13.1. The maximum Gasteiger partial charge on any atom is 0.272 e. The number of aromatic nitrogens is 2. The van der Waals surface area contributed by atoms with Gasteiger partial charge in [-0.25, -0.2) is 9.97 Å². The van der Waals surface area contributed by atoms with Gasteiger partial charge in [-0.2, -0.15) is 0 Å². The third-order valence-corrected chi connectivity index (χ3v) is 2.97. The molecule has 0 aliphatic heterocycles. The summed E-state index contributed by atoms with van der Waals surface area (Å²) in [5.74, 6) is 1.27. The molecule has 0 atom stereocenters. The van der Waals surface area contributed by atoms with E-state index in [-0.39, 0.29) is 5.91 Å².